The van der Waals surface area contributed by atoms with Gasteiger partial charge in [-0.25, -0.2) is 0 Å². The SMILES string of the molecule is CCOC(=O)C1C=C2CCCCC2=C2CCCC21.[CH]1C=CC=C1.[Co]. The summed E-state index contributed by atoms with van der Waals surface area (Å²) in [6.07, 6.45) is 20.9. The second kappa shape index (κ2) is 9.43. The van der Waals surface area contributed by atoms with Crippen molar-refractivity contribution in [3.8, 4) is 0 Å². The predicted molar refractivity (Wildman–Crippen MR) is 93.6 cm³/mol. The maximum atomic E-state index is 12.1. The van der Waals surface area contributed by atoms with Gasteiger partial charge in [-0.2, -0.15) is 0 Å². The third kappa shape index (κ3) is 4.31. The number of carbonyl (C=O) groups is 1. The molecule has 0 aromatic carbocycles. The second-order valence-corrected chi connectivity index (χ2v) is 6.64. The standard InChI is InChI=1S/C16H22O2.C5H5.Co/c1-2-18-16(17)15-10-11-6-3-4-7-12(11)13-8-5-9-14(13)15;1-2-4-5-3-1;/h10,14-15H,2-9H2,1H3;1-5H;. The van der Waals surface area contributed by atoms with E-state index in [-0.39, 0.29) is 28.7 Å². The fraction of sp³-hybridized carbons (Fsp3) is 0.524. The van der Waals surface area contributed by atoms with Crippen LogP contribution in [0.25, 0.3) is 0 Å². The molecule has 4 aliphatic rings. The summed E-state index contributed by atoms with van der Waals surface area (Å²) in [5, 5.41) is 0. The van der Waals surface area contributed by atoms with Crippen LogP contribution in [0, 0.1) is 18.3 Å². The number of esters is 1. The Morgan fingerprint density at radius 1 is 1.08 bits per heavy atom. The smallest absolute Gasteiger partial charge is 0.313 e. The normalized spacial score (nSPS) is 26.6. The van der Waals surface area contributed by atoms with Gasteiger partial charge in [0.25, 0.3) is 0 Å². The van der Waals surface area contributed by atoms with Gasteiger partial charge in [-0.05, 0) is 68.9 Å². The van der Waals surface area contributed by atoms with E-state index in [1.807, 2.05) is 37.6 Å². The molecule has 3 heteroatoms. The first-order valence-corrected chi connectivity index (χ1v) is 9.07. The van der Waals surface area contributed by atoms with Crippen LogP contribution in [0.2, 0.25) is 0 Å². The minimum Gasteiger partial charge on any atom is -0.466 e. The van der Waals surface area contributed by atoms with Crippen molar-refractivity contribution in [1.29, 1.82) is 0 Å². The fourth-order valence-corrected chi connectivity index (χ4v) is 4.25. The molecule has 0 aromatic rings. The van der Waals surface area contributed by atoms with Crippen molar-refractivity contribution in [3.05, 3.63) is 53.5 Å². The second-order valence-electron chi connectivity index (χ2n) is 6.64. The van der Waals surface area contributed by atoms with Gasteiger partial charge < -0.3 is 4.74 Å². The first kappa shape index (κ1) is 19.3. The molecule has 132 valence electrons. The molecule has 2 saturated carbocycles. The Hall–Kier alpha value is -1.06. The van der Waals surface area contributed by atoms with Crippen LogP contribution in [0.1, 0.15) is 51.9 Å². The molecule has 4 rings (SSSR count). The average molecular weight is 370 g/mol. The predicted octanol–water partition coefficient (Wildman–Crippen LogP) is 5.09. The summed E-state index contributed by atoms with van der Waals surface area (Å²) in [5.41, 5.74) is 4.68. The van der Waals surface area contributed by atoms with Crippen LogP contribution in [-0.4, -0.2) is 12.6 Å². The van der Waals surface area contributed by atoms with E-state index in [9.17, 15) is 4.79 Å². The van der Waals surface area contributed by atoms with Crippen molar-refractivity contribution < 1.29 is 26.3 Å². The fourth-order valence-electron chi connectivity index (χ4n) is 4.25. The summed E-state index contributed by atoms with van der Waals surface area (Å²) < 4.78 is 5.26. The molecule has 0 amide bonds. The van der Waals surface area contributed by atoms with Gasteiger partial charge in [0.05, 0.1) is 12.5 Å². The number of rotatable bonds is 2. The largest absolute Gasteiger partial charge is 0.466 e. The monoisotopic (exact) mass is 370 g/mol. The van der Waals surface area contributed by atoms with Gasteiger partial charge in [0, 0.05) is 23.2 Å². The van der Waals surface area contributed by atoms with Crippen molar-refractivity contribution in [3.63, 3.8) is 0 Å². The molecule has 4 aliphatic carbocycles. The maximum absolute atomic E-state index is 12.1. The van der Waals surface area contributed by atoms with Crippen LogP contribution >= 0.6 is 0 Å². The number of allylic oxidation sites excluding steroid dienone is 7. The van der Waals surface area contributed by atoms with Crippen molar-refractivity contribution in [1.82, 2.24) is 0 Å². The first-order valence-electron chi connectivity index (χ1n) is 9.07. The molecule has 2 unspecified atom stereocenters. The molecular weight excluding hydrogens is 343 g/mol. The Morgan fingerprint density at radius 3 is 2.50 bits per heavy atom. The number of fused-ring (bicyclic) bond motifs is 2. The number of carbonyl (C=O) groups excluding carboxylic acids is 1. The topological polar surface area (TPSA) is 26.3 Å². The van der Waals surface area contributed by atoms with Crippen molar-refractivity contribution >= 4 is 5.97 Å². The average Bonchev–Trinajstić information content (AvgIpc) is 3.28. The molecule has 0 heterocycles. The van der Waals surface area contributed by atoms with E-state index in [0.717, 1.165) is 0 Å². The number of hydrogen-bond donors (Lipinski definition) is 0. The molecule has 2 fully saturated rings. The van der Waals surface area contributed by atoms with Crippen LogP contribution < -0.4 is 0 Å². The summed E-state index contributed by atoms with van der Waals surface area (Å²) >= 11 is 0. The quantitative estimate of drug-likeness (QED) is 0.633. The van der Waals surface area contributed by atoms with E-state index >= 15 is 0 Å². The van der Waals surface area contributed by atoms with Crippen molar-refractivity contribution in [2.75, 3.05) is 6.61 Å². The minimum atomic E-state index is -0.000904. The summed E-state index contributed by atoms with van der Waals surface area (Å²) in [6.45, 7) is 2.39. The van der Waals surface area contributed by atoms with Crippen LogP contribution in [0.15, 0.2) is 47.1 Å². The maximum Gasteiger partial charge on any atom is 0.313 e. The Morgan fingerprint density at radius 2 is 1.83 bits per heavy atom. The molecule has 2 radical (unpaired) electrons. The van der Waals surface area contributed by atoms with Gasteiger partial charge in [0.1, 0.15) is 0 Å². The van der Waals surface area contributed by atoms with Crippen molar-refractivity contribution in [2.24, 2.45) is 11.8 Å². The molecule has 2 atom stereocenters. The molecule has 0 spiro atoms. The third-order valence-corrected chi connectivity index (χ3v) is 5.24. The molecule has 0 aromatic heterocycles. The van der Waals surface area contributed by atoms with Crippen LogP contribution in [0.3, 0.4) is 0 Å². The summed E-state index contributed by atoms with van der Waals surface area (Å²) in [5.74, 6) is 0.472. The van der Waals surface area contributed by atoms with E-state index < -0.39 is 0 Å². The zero-order valence-electron chi connectivity index (χ0n) is 14.4. The molecule has 0 bridgehead atoms. The minimum absolute atomic E-state index is 0. The Bertz CT molecular complexity index is 558. The first-order chi connectivity index (χ1) is 11.3. The van der Waals surface area contributed by atoms with Gasteiger partial charge in [0.15, 0.2) is 0 Å². The number of ether oxygens (including phenoxy) is 1. The van der Waals surface area contributed by atoms with Gasteiger partial charge in [0.2, 0.25) is 0 Å². The van der Waals surface area contributed by atoms with Gasteiger partial charge in [-0.3, -0.25) is 4.79 Å². The molecule has 0 N–H and O–H groups in total. The molecule has 0 aliphatic heterocycles. The van der Waals surface area contributed by atoms with Crippen molar-refractivity contribution in [2.45, 2.75) is 51.9 Å². The van der Waals surface area contributed by atoms with E-state index in [1.165, 1.54) is 50.5 Å². The molecular formula is C21H27CoO2. The Balaban J connectivity index is 0.000000300. The summed E-state index contributed by atoms with van der Waals surface area (Å²) in [7, 11) is 0. The van der Waals surface area contributed by atoms with Gasteiger partial charge in [-0.1, -0.05) is 36.0 Å². The zero-order chi connectivity index (χ0) is 16.1. The van der Waals surface area contributed by atoms with Gasteiger partial charge in [-0.15, -0.1) is 0 Å². The Kier molecular flexibility index (Phi) is 7.57. The van der Waals surface area contributed by atoms with E-state index in [1.54, 1.807) is 11.1 Å². The van der Waals surface area contributed by atoms with Crippen LogP contribution in [0.4, 0.5) is 0 Å². The van der Waals surface area contributed by atoms with E-state index in [2.05, 4.69) is 6.08 Å². The van der Waals surface area contributed by atoms with Crippen LogP contribution in [-0.2, 0) is 26.3 Å². The molecule has 24 heavy (non-hydrogen) atoms. The van der Waals surface area contributed by atoms with Crippen LogP contribution in [0.5, 0.6) is 0 Å². The zero-order valence-corrected chi connectivity index (χ0v) is 15.5. The molecule has 2 nitrogen and oxygen atoms in total. The summed E-state index contributed by atoms with van der Waals surface area (Å²) in [6, 6.07) is 0. The van der Waals surface area contributed by atoms with E-state index in [4.69, 9.17) is 4.74 Å². The van der Waals surface area contributed by atoms with E-state index in [0.29, 0.717) is 12.5 Å². The summed E-state index contributed by atoms with van der Waals surface area (Å²) in [4.78, 5) is 12.1. The Labute approximate surface area is 156 Å². The van der Waals surface area contributed by atoms with Gasteiger partial charge >= 0.3 is 5.97 Å². The molecule has 0 saturated heterocycles. The third-order valence-electron chi connectivity index (χ3n) is 5.24. The number of hydrogen-bond acceptors (Lipinski definition) is 2.